The SMILES string of the molecule is Cc1cn(-c2nccs2)nc1C. The molecule has 0 saturated carbocycles. The lowest BCUT2D eigenvalue weighted by molar-refractivity contribution is 0.853. The van der Waals surface area contributed by atoms with Crippen molar-refractivity contribution in [1.82, 2.24) is 14.8 Å². The molecule has 4 heteroatoms. The fourth-order valence-electron chi connectivity index (χ4n) is 0.973. The van der Waals surface area contributed by atoms with Crippen molar-refractivity contribution in [2.24, 2.45) is 0 Å². The zero-order valence-corrected chi connectivity index (χ0v) is 7.80. The molecule has 0 spiro atoms. The Morgan fingerprint density at radius 3 is 2.75 bits per heavy atom. The van der Waals surface area contributed by atoms with E-state index in [2.05, 4.69) is 10.1 Å². The first-order valence-electron chi connectivity index (χ1n) is 3.70. The monoisotopic (exact) mass is 179 g/mol. The Bertz CT molecular complexity index is 355. The summed E-state index contributed by atoms with van der Waals surface area (Å²) in [7, 11) is 0. The minimum Gasteiger partial charge on any atom is -0.227 e. The molecule has 0 unspecified atom stereocenters. The summed E-state index contributed by atoms with van der Waals surface area (Å²) in [5.41, 5.74) is 2.26. The third kappa shape index (κ3) is 1.14. The second kappa shape index (κ2) is 2.71. The third-order valence-corrected chi connectivity index (χ3v) is 2.52. The van der Waals surface area contributed by atoms with Crippen molar-refractivity contribution in [3.63, 3.8) is 0 Å². The first kappa shape index (κ1) is 7.49. The van der Waals surface area contributed by atoms with Crippen molar-refractivity contribution in [3.8, 4) is 5.13 Å². The molecule has 2 heterocycles. The molecule has 2 rings (SSSR count). The molecule has 0 fully saturated rings. The summed E-state index contributed by atoms with van der Waals surface area (Å²) in [4.78, 5) is 4.16. The Kier molecular flexibility index (Phi) is 1.69. The minimum absolute atomic E-state index is 0.922. The van der Waals surface area contributed by atoms with Crippen LogP contribution in [0.1, 0.15) is 11.3 Å². The van der Waals surface area contributed by atoms with Crippen molar-refractivity contribution < 1.29 is 0 Å². The van der Waals surface area contributed by atoms with E-state index in [-0.39, 0.29) is 0 Å². The highest BCUT2D eigenvalue weighted by atomic mass is 32.1. The minimum atomic E-state index is 0.922. The van der Waals surface area contributed by atoms with Crippen LogP contribution in [0.15, 0.2) is 17.8 Å². The molecule has 0 radical (unpaired) electrons. The standard InChI is InChI=1S/C8H9N3S/c1-6-5-11(10-7(6)2)8-9-3-4-12-8/h3-5H,1-2H3. The van der Waals surface area contributed by atoms with Crippen molar-refractivity contribution in [2.45, 2.75) is 13.8 Å². The summed E-state index contributed by atoms with van der Waals surface area (Å²) < 4.78 is 1.81. The Balaban J connectivity index is 2.48. The van der Waals surface area contributed by atoms with Gasteiger partial charge < -0.3 is 0 Å². The van der Waals surface area contributed by atoms with Crippen LogP contribution in [0, 0.1) is 13.8 Å². The van der Waals surface area contributed by atoms with Gasteiger partial charge in [-0.05, 0) is 19.4 Å². The van der Waals surface area contributed by atoms with Gasteiger partial charge in [-0.25, -0.2) is 9.67 Å². The molecule has 3 nitrogen and oxygen atoms in total. The van der Waals surface area contributed by atoms with Crippen LogP contribution in [0.25, 0.3) is 5.13 Å². The Labute approximate surface area is 74.7 Å². The normalized spacial score (nSPS) is 10.5. The maximum Gasteiger partial charge on any atom is 0.210 e. The number of aryl methyl sites for hydroxylation is 2. The number of hydrogen-bond donors (Lipinski definition) is 0. The van der Waals surface area contributed by atoms with Crippen LogP contribution in [-0.4, -0.2) is 14.8 Å². The molecule has 0 saturated heterocycles. The maximum absolute atomic E-state index is 4.32. The first-order valence-corrected chi connectivity index (χ1v) is 4.58. The summed E-state index contributed by atoms with van der Waals surface area (Å²) in [5.74, 6) is 0. The lowest BCUT2D eigenvalue weighted by Gasteiger charge is -1.90. The second-order valence-electron chi connectivity index (χ2n) is 2.66. The average Bonchev–Trinajstić information content (AvgIpc) is 2.61. The summed E-state index contributed by atoms with van der Waals surface area (Å²) in [6, 6.07) is 0. The van der Waals surface area contributed by atoms with Crippen LogP contribution < -0.4 is 0 Å². The van der Waals surface area contributed by atoms with Gasteiger partial charge in [0, 0.05) is 17.8 Å². The van der Waals surface area contributed by atoms with Gasteiger partial charge in [-0.3, -0.25) is 0 Å². The number of thiazole rings is 1. The van der Waals surface area contributed by atoms with Crippen molar-refractivity contribution in [1.29, 1.82) is 0 Å². The molecule has 0 aliphatic rings. The molecule has 12 heavy (non-hydrogen) atoms. The van der Waals surface area contributed by atoms with E-state index in [0.29, 0.717) is 0 Å². The summed E-state index contributed by atoms with van der Waals surface area (Å²) >= 11 is 1.59. The molecular weight excluding hydrogens is 170 g/mol. The van der Waals surface area contributed by atoms with E-state index < -0.39 is 0 Å². The predicted molar refractivity (Wildman–Crippen MR) is 48.7 cm³/mol. The van der Waals surface area contributed by atoms with Crippen LogP contribution in [0.2, 0.25) is 0 Å². The van der Waals surface area contributed by atoms with Gasteiger partial charge in [0.15, 0.2) is 0 Å². The molecule has 62 valence electrons. The van der Waals surface area contributed by atoms with E-state index in [1.165, 1.54) is 5.56 Å². The predicted octanol–water partition coefficient (Wildman–Crippen LogP) is 1.95. The van der Waals surface area contributed by atoms with Crippen LogP contribution >= 0.6 is 11.3 Å². The van der Waals surface area contributed by atoms with Crippen LogP contribution in [-0.2, 0) is 0 Å². The van der Waals surface area contributed by atoms with E-state index in [9.17, 15) is 0 Å². The topological polar surface area (TPSA) is 30.7 Å². The lowest BCUT2D eigenvalue weighted by atomic mass is 10.3. The van der Waals surface area contributed by atoms with E-state index in [4.69, 9.17) is 0 Å². The summed E-state index contributed by atoms with van der Waals surface area (Å²) in [5, 5.41) is 7.19. The largest absolute Gasteiger partial charge is 0.227 e. The molecule has 2 aromatic rings. The third-order valence-electron chi connectivity index (χ3n) is 1.76. The van der Waals surface area contributed by atoms with Gasteiger partial charge in [-0.2, -0.15) is 5.10 Å². The molecule has 0 amide bonds. The average molecular weight is 179 g/mol. The van der Waals surface area contributed by atoms with Crippen molar-refractivity contribution in [3.05, 3.63) is 29.0 Å². The molecule has 0 N–H and O–H groups in total. The summed E-state index contributed by atoms with van der Waals surface area (Å²) in [6.07, 6.45) is 3.78. The van der Waals surface area contributed by atoms with Gasteiger partial charge in [-0.15, -0.1) is 11.3 Å². The molecule has 0 atom stereocenters. The molecule has 2 aromatic heterocycles. The van der Waals surface area contributed by atoms with E-state index in [0.717, 1.165) is 10.8 Å². The van der Waals surface area contributed by atoms with Gasteiger partial charge >= 0.3 is 0 Å². The molecule has 0 aliphatic carbocycles. The lowest BCUT2D eigenvalue weighted by Crippen LogP contribution is -1.92. The molecule has 0 aromatic carbocycles. The van der Waals surface area contributed by atoms with E-state index >= 15 is 0 Å². The zero-order chi connectivity index (χ0) is 8.55. The van der Waals surface area contributed by atoms with E-state index in [1.807, 2.05) is 30.1 Å². The Morgan fingerprint density at radius 1 is 1.42 bits per heavy atom. The fraction of sp³-hybridized carbons (Fsp3) is 0.250. The van der Waals surface area contributed by atoms with Gasteiger partial charge in [0.2, 0.25) is 5.13 Å². The highest BCUT2D eigenvalue weighted by Crippen LogP contribution is 2.12. The van der Waals surface area contributed by atoms with Crippen LogP contribution in [0.4, 0.5) is 0 Å². The number of hydrogen-bond acceptors (Lipinski definition) is 3. The highest BCUT2D eigenvalue weighted by molar-refractivity contribution is 7.12. The van der Waals surface area contributed by atoms with Crippen LogP contribution in [0.5, 0.6) is 0 Å². The smallest absolute Gasteiger partial charge is 0.210 e. The maximum atomic E-state index is 4.32. The van der Waals surface area contributed by atoms with E-state index in [1.54, 1.807) is 17.5 Å². The molecule has 0 aliphatic heterocycles. The highest BCUT2D eigenvalue weighted by Gasteiger charge is 2.02. The van der Waals surface area contributed by atoms with Crippen molar-refractivity contribution in [2.75, 3.05) is 0 Å². The number of rotatable bonds is 1. The quantitative estimate of drug-likeness (QED) is 0.669. The summed E-state index contributed by atoms with van der Waals surface area (Å²) in [6.45, 7) is 4.05. The zero-order valence-electron chi connectivity index (χ0n) is 6.98. The number of aromatic nitrogens is 3. The Hall–Kier alpha value is -1.16. The first-order chi connectivity index (χ1) is 5.77. The second-order valence-corrected chi connectivity index (χ2v) is 3.53. The Morgan fingerprint density at radius 2 is 2.25 bits per heavy atom. The van der Waals surface area contributed by atoms with Gasteiger partial charge in [0.25, 0.3) is 0 Å². The van der Waals surface area contributed by atoms with Gasteiger partial charge in [-0.1, -0.05) is 0 Å². The molecule has 0 bridgehead atoms. The van der Waals surface area contributed by atoms with Crippen LogP contribution in [0.3, 0.4) is 0 Å². The van der Waals surface area contributed by atoms with Gasteiger partial charge in [0.1, 0.15) is 0 Å². The number of nitrogens with zero attached hydrogens (tertiary/aromatic N) is 3. The fourth-order valence-corrected chi connectivity index (χ4v) is 1.54. The van der Waals surface area contributed by atoms with Gasteiger partial charge in [0.05, 0.1) is 5.69 Å². The molecular formula is C8H9N3S. The van der Waals surface area contributed by atoms with Crippen molar-refractivity contribution >= 4 is 11.3 Å².